The van der Waals surface area contributed by atoms with Crippen LogP contribution < -0.4 is 10.1 Å². The number of aryl methyl sites for hydroxylation is 2. The standard InChI is InChI=1S/C35H38ClN3O3/c1-25-22-30(23-26(2)34(25)40)37-35(41)32-10-5-6-11-33(32)42-21-7-16-38-17-19-39(20-18-38)24-28-8-3-4-9-31(28)27-12-14-29(36)15-13-27/h3-6,8-15,22-23,40H,7,16-21,24H2,1-2H3,(H,37,41). The van der Waals surface area contributed by atoms with Crippen LogP contribution in [0.25, 0.3) is 11.1 Å². The summed E-state index contributed by atoms with van der Waals surface area (Å²) in [6.07, 6.45) is 0.881. The normalized spacial score (nSPS) is 14.1. The van der Waals surface area contributed by atoms with E-state index in [2.05, 4.69) is 51.5 Å². The summed E-state index contributed by atoms with van der Waals surface area (Å²) in [5.41, 5.74) is 6.37. The Balaban J connectivity index is 1.08. The quantitative estimate of drug-likeness (QED) is 0.153. The number of halogens is 1. The van der Waals surface area contributed by atoms with E-state index in [1.807, 2.05) is 44.2 Å². The van der Waals surface area contributed by atoms with Crippen LogP contribution in [0.2, 0.25) is 5.02 Å². The van der Waals surface area contributed by atoms with Gasteiger partial charge in [0, 0.05) is 50.0 Å². The fourth-order valence-corrected chi connectivity index (χ4v) is 5.58. The maximum Gasteiger partial charge on any atom is 0.259 e. The molecular formula is C35H38ClN3O3. The zero-order valence-electron chi connectivity index (χ0n) is 24.3. The zero-order chi connectivity index (χ0) is 29.5. The molecule has 1 aliphatic rings. The molecule has 0 spiro atoms. The van der Waals surface area contributed by atoms with E-state index in [-0.39, 0.29) is 11.7 Å². The Kier molecular flexibility index (Phi) is 9.80. The first kappa shape index (κ1) is 29.6. The summed E-state index contributed by atoms with van der Waals surface area (Å²) in [6.45, 7) is 10.1. The second-order valence-corrected chi connectivity index (χ2v) is 11.3. The highest BCUT2D eigenvalue weighted by atomic mass is 35.5. The molecule has 7 heteroatoms. The summed E-state index contributed by atoms with van der Waals surface area (Å²) in [5, 5.41) is 13.7. The number of carbonyl (C=O) groups is 1. The number of amides is 1. The average Bonchev–Trinajstić information content (AvgIpc) is 3.00. The fourth-order valence-electron chi connectivity index (χ4n) is 5.46. The van der Waals surface area contributed by atoms with Gasteiger partial charge in [-0.2, -0.15) is 0 Å². The van der Waals surface area contributed by atoms with Crippen molar-refractivity contribution in [2.24, 2.45) is 0 Å². The number of anilines is 1. The molecule has 218 valence electrons. The first-order valence-corrected chi connectivity index (χ1v) is 14.9. The molecule has 6 nitrogen and oxygen atoms in total. The number of hydrogen-bond acceptors (Lipinski definition) is 5. The monoisotopic (exact) mass is 583 g/mol. The number of nitrogens with zero attached hydrogens (tertiary/aromatic N) is 2. The molecule has 4 aromatic rings. The Morgan fingerprint density at radius 3 is 2.26 bits per heavy atom. The average molecular weight is 584 g/mol. The number of piperazine rings is 1. The summed E-state index contributed by atoms with van der Waals surface area (Å²) < 4.78 is 6.07. The molecule has 0 unspecified atom stereocenters. The highest BCUT2D eigenvalue weighted by Crippen LogP contribution is 2.28. The number of rotatable bonds is 10. The molecule has 0 bridgehead atoms. The lowest BCUT2D eigenvalue weighted by molar-refractivity contribution is 0.102. The summed E-state index contributed by atoms with van der Waals surface area (Å²) in [6, 6.07) is 27.5. The van der Waals surface area contributed by atoms with Gasteiger partial charge in [-0.3, -0.25) is 9.69 Å². The van der Waals surface area contributed by atoms with Crippen LogP contribution in [0.3, 0.4) is 0 Å². The Morgan fingerprint density at radius 1 is 0.881 bits per heavy atom. The molecule has 1 fully saturated rings. The molecule has 0 atom stereocenters. The highest BCUT2D eigenvalue weighted by Gasteiger charge is 2.19. The fraction of sp³-hybridized carbons (Fsp3) is 0.286. The topological polar surface area (TPSA) is 65.0 Å². The molecule has 1 aliphatic heterocycles. The van der Waals surface area contributed by atoms with Crippen molar-refractivity contribution in [2.45, 2.75) is 26.8 Å². The van der Waals surface area contributed by atoms with Gasteiger partial charge < -0.3 is 20.1 Å². The Labute approximate surface area is 253 Å². The lowest BCUT2D eigenvalue weighted by atomic mass is 9.99. The second kappa shape index (κ2) is 13.9. The molecule has 0 radical (unpaired) electrons. The van der Waals surface area contributed by atoms with E-state index in [9.17, 15) is 9.90 Å². The van der Waals surface area contributed by atoms with Crippen LogP contribution in [-0.2, 0) is 6.54 Å². The zero-order valence-corrected chi connectivity index (χ0v) is 25.0. The van der Waals surface area contributed by atoms with Crippen molar-refractivity contribution >= 4 is 23.2 Å². The Bertz CT molecular complexity index is 1490. The SMILES string of the molecule is Cc1cc(NC(=O)c2ccccc2OCCCN2CCN(Cc3ccccc3-c3ccc(Cl)cc3)CC2)cc(C)c1O. The number of hydrogen-bond donors (Lipinski definition) is 2. The van der Waals surface area contributed by atoms with Crippen molar-refractivity contribution in [1.82, 2.24) is 9.80 Å². The van der Waals surface area contributed by atoms with Crippen LogP contribution in [0.4, 0.5) is 5.69 Å². The number of phenolic OH excluding ortho intramolecular Hbond substituents is 1. The van der Waals surface area contributed by atoms with E-state index >= 15 is 0 Å². The number of para-hydroxylation sites is 1. The van der Waals surface area contributed by atoms with Gasteiger partial charge in [0.1, 0.15) is 11.5 Å². The van der Waals surface area contributed by atoms with Gasteiger partial charge in [0.15, 0.2) is 0 Å². The van der Waals surface area contributed by atoms with Crippen LogP contribution in [0.1, 0.15) is 33.5 Å². The van der Waals surface area contributed by atoms with E-state index in [0.717, 1.165) is 61.8 Å². The number of nitrogens with one attached hydrogen (secondary N) is 1. The molecule has 5 rings (SSSR count). The molecule has 4 aromatic carbocycles. The minimum atomic E-state index is -0.233. The van der Waals surface area contributed by atoms with Gasteiger partial charge in [-0.25, -0.2) is 0 Å². The van der Waals surface area contributed by atoms with Crippen molar-refractivity contribution in [3.8, 4) is 22.6 Å². The maximum atomic E-state index is 13.0. The third-order valence-electron chi connectivity index (χ3n) is 7.79. The lowest BCUT2D eigenvalue weighted by Gasteiger charge is -2.35. The van der Waals surface area contributed by atoms with Crippen LogP contribution in [0, 0.1) is 13.8 Å². The summed E-state index contributed by atoms with van der Waals surface area (Å²) >= 11 is 6.10. The van der Waals surface area contributed by atoms with Crippen molar-refractivity contribution in [3.05, 3.63) is 112 Å². The van der Waals surface area contributed by atoms with Gasteiger partial charge in [0.2, 0.25) is 0 Å². The smallest absolute Gasteiger partial charge is 0.259 e. The van der Waals surface area contributed by atoms with E-state index in [1.54, 1.807) is 18.2 Å². The number of ether oxygens (including phenoxy) is 1. The molecular weight excluding hydrogens is 546 g/mol. The molecule has 1 heterocycles. The van der Waals surface area contributed by atoms with E-state index in [1.165, 1.54) is 16.7 Å². The molecule has 1 saturated heterocycles. The van der Waals surface area contributed by atoms with Crippen LogP contribution >= 0.6 is 11.6 Å². The first-order chi connectivity index (χ1) is 20.4. The van der Waals surface area contributed by atoms with E-state index in [4.69, 9.17) is 16.3 Å². The Hall–Kier alpha value is -3.84. The highest BCUT2D eigenvalue weighted by molar-refractivity contribution is 6.30. The molecule has 42 heavy (non-hydrogen) atoms. The summed E-state index contributed by atoms with van der Waals surface area (Å²) in [4.78, 5) is 18.0. The number of carbonyl (C=O) groups excluding carboxylic acids is 1. The number of phenols is 1. The molecule has 2 N–H and O–H groups in total. The summed E-state index contributed by atoms with van der Waals surface area (Å²) in [7, 11) is 0. The van der Waals surface area contributed by atoms with E-state index in [0.29, 0.717) is 23.6 Å². The van der Waals surface area contributed by atoms with Gasteiger partial charge in [-0.15, -0.1) is 0 Å². The minimum absolute atomic E-state index is 0.233. The minimum Gasteiger partial charge on any atom is -0.507 e. The lowest BCUT2D eigenvalue weighted by Crippen LogP contribution is -2.46. The molecule has 0 aliphatic carbocycles. The largest absolute Gasteiger partial charge is 0.507 e. The molecule has 0 aromatic heterocycles. The van der Waals surface area contributed by atoms with Gasteiger partial charge in [0.05, 0.1) is 12.2 Å². The third kappa shape index (κ3) is 7.51. The second-order valence-electron chi connectivity index (χ2n) is 10.9. The van der Waals surface area contributed by atoms with E-state index < -0.39 is 0 Å². The van der Waals surface area contributed by atoms with Crippen LogP contribution in [0.15, 0.2) is 84.9 Å². The van der Waals surface area contributed by atoms with Gasteiger partial charge in [-0.05, 0) is 84.5 Å². The van der Waals surface area contributed by atoms with Crippen molar-refractivity contribution in [3.63, 3.8) is 0 Å². The molecule has 1 amide bonds. The summed E-state index contributed by atoms with van der Waals surface area (Å²) in [5.74, 6) is 0.591. The Morgan fingerprint density at radius 2 is 1.52 bits per heavy atom. The van der Waals surface area contributed by atoms with Crippen LogP contribution in [-0.4, -0.2) is 60.1 Å². The van der Waals surface area contributed by atoms with Crippen molar-refractivity contribution in [2.75, 3.05) is 44.6 Å². The molecule has 0 saturated carbocycles. The van der Waals surface area contributed by atoms with Gasteiger partial charge in [-0.1, -0.05) is 60.1 Å². The predicted molar refractivity (Wildman–Crippen MR) is 171 cm³/mol. The van der Waals surface area contributed by atoms with Crippen LogP contribution in [0.5, 0.6) is 11.5 Å². The van der Waals surface area contributed by atoms with Gasteiger partial charge >= 0.3 is 0 Å². The number of aromatic hydroxyl groups is 1. The van der Waals surface area contributed by atoms with Crippen molar-refractivity contribution < 1.29 is 14.6 Å². The third-order valence-corrected chi connectivity index (χ3v) is 8.04. The van der Waals surface area contributed by atoms with Crippen molar-refractivity contribution in [1.29, 1.82) is 0 Å². The predicted octanol–water partition coefficient (Wildman–Crippen LogP) is 7.17. The first-order valence-electron chi connectivity index (χ1n) is 14.5. The maximum absolute atomic E-state index is 13.0. The van der Waals surface area contributed by atoms with Gasteiger partial charge in [0.25, 0.3) is 5.91 Å². The number of benzene rings is 4.